The van der Waals surface area contributed by atoms with E-state index in [1.54, 1.807) is 13.8 Å². The van der Waals surface area contributed by atoms with Crippen LogP contribution in [0.25, 0.3) is 0 Å². The Labute approximate surface area is 182 Å². The maximum Gasteiger partial charge on any atom is 0.697 e. The summed E-state index contributed by atoms with van der Waals surface area (Å²) in [6, 6.07) is 1.09. The van der Waals surface area contributed by atoms with E-state index >= 15 is 0 Å². The van der Waals surface area contributed by atoms with Crippen LogP contribution in [0.4, 0.5) is 0 Å². The molecule has 1 aliphatic rings. The van der Waals surface area contributed by atoms with E-state index in [2.05, 4.69) is 0 Å². The summed E-state index contributed by atoms with van der Waals surface area (Å²) in [6.45, 7) is 2.10. The van der Waals surface area contributed by atoms with Crippen LogP contribution in [0.2, 0.25) is 0 Å². The zero-order chi connectivity index (χ0) is 23.2. The van der Waals surface area contributed by atoms with Gasteiger partial charge in [0.1, 0.15) is 19.3 Å². The number of aliphatic hydroxyl groups excluding tert-OH is 3. The quantitative estimate of drug-likeness (QED) is 0.234. The van der Waals surface area contributed by atoms with E-state index in [0.717, 1.165) is 28.6 Å². The molecule has 31 heavy (non-hydrogen) atoms. The minimum atomic E-state index is -2.56. The molecule has 14 heteroatoms. The smallest absolute Gasteiger partial charge is 0.396 e. The van der Waals surface area contributed by atoms with Crippen molar-refractivity contribution in [2.45, 2.75) is 32.3 Å². The molecule has 0 aliphatic carbocycles. The summed E-state index contributed by atoms with van der Waals surface area (Å²) in [5, 5.41) is 28.9. The highest BCUT2D eigenvalue weighted by Gasteiger charge is 2.46. The first-order valence-corrected chi connectivity index (χ1v) is 11.5. The molecule has 2 heterocycles. The molecule has 12 nitrogen and oxygen atoms in total. The topological polar surface area (TPSA) is 177 Å². The first kappa shape index (κ1) is 25.8. The molecule has 2 rings (SSSR count). The normalized spacial score (nSPS) is 24.4. The predicted octanol–water partition coefficient (Wildman–Crippen LogP) is -0.628. The largest absolute Gasteiger partial charge is 0.697 e. The first-order chi connectivity index (χ1) is 14.6. The molecule has 0 amide bonds. The molecule has 1 unspecified atom stereocenters. The first-order valence-electron chi connectivity index (χ1n) is 9.37. The Kier molecular flexibility index (Phi) is 9.52. The van der Waals surface area contributed by atoms with Crippen LogP contribution in [-0.4, -0.2) is 74.4 Å². The van der Waals surface area contributed by atoms with E-state index in [4.69, 9.17) is 18.9 Å². The van der Waals surface area contributed by atoms with Crippen molar-refractivity contribution >= 4 is 25.1 Å². The highest BCUT2D eigenvalue weighted by Crippen LogP contribution is 2.35. The van der Waals surface area contributed by atoms with Gasteiger partial charge in [0, 0.05) is 28.5 Å². The highest BCUT2D eigenvalue weighted by molar-refractivity contribution is 8.13. The van der Waals surface area contributed by atoms with Gasteiger partial charge in [0.15, 0.2) is 11.3 Å². The number of H-pyrrole nitrogens is 1. The van der Waals surface area contributed by atoms with E-state index in [9.17, 15) is 29.2 Å². The fourth-order valence-corrected chi connectivity index (χ4v) is 4.23. The molecule has 1 fully saturated rings. The van der Waals surface area contributed by atoms with Crippen LogP contribution in [0.1, 0.15) is 20.1 Å². The number of ether oxygens (including phenoxy) is 1. The Morgan fingerprint density at radius 3 is 2.68 bits per heavy atom. The molecule has 0 bridgehead atoms. The van der Waals surface area contributed by atoms with Crippen molar-refractivity contribution < 1.29 is 38.5 Å². The lowest BCUT2D eigenvalue weighted by Crippen LogP contribution is -2.36. The number of rotatable bonds is 11. The fourth-order valence-electron chi connectivity index (χ4n) is 2.72. The summed E-state index contributed by atoms with van der Waals surface area (Å²) in [7, 11) is -2.56. The number of nitrogens with one attached hydrogen (secondary N) is 1. The Morgan fingerprint density at radius 2 is 2.06 bits per heavy atom. The zero-order valence-corrected chi connectivity index (χ0v) is 18.7. The number of aromatic nitrogens is 2. The third kappa shape index (κ3) is 6.77. The fraction of sp³-hybridized carbons (Fsp3) is 0.706. The van der Waals surface area contributed by atoms with Gasteiger partial charge in [-0.3, -0.25) is 19.1 Å². The van der Waals surface area contributed by atoms with Crippen molar-refractivity contribution in [3.8, 4) is 0 Å². The van der Waals surface area contributed by atoms with Crippen molar-refractivity contribution in [1.29, 1.82) is 0 Å². The Hall–Kier alpha value is -1.44. The van der Waals surface area contributed by atoms with Crippen LogP contribution >= 0.6 is 20.0 Å². The van der Waals surface area contributed by atoms with E-state index < -0.39 is 55.9 Å². The van der Waals surface area contributed by atoms with Crippen LogP contribution in [0.3, 0.4) is 0 Å². The van der Waals surface area contributed by atoms with Crippen LogP contribution in [0, 0.1) is 11.3 Å². The maximum atomic E-state index is 11.9. The lowest BCUT2D eigenvalue weighted by atomic mass is 9.97. The number of carbonyl (C=O) groups is 1. The highest BCUT2D eigenvalue weighted by atomic mass is 32.2. The van der Waals surface area contributed by atoms with Gasteiger partial charge in [-0.1, -0.05) is 11.8 Å². The van der Waals surface area contributed by atoms with Gasteiger partial charge in [-0.25, -0.2) is 4.79 Å². The third-order valence-corrected chi connectivity index (χ3v) is 6.60. The molecule has 4 N–H and O–H groups in total. The van der Waals surface area contributed by atoms with Gasteiger partial charge >= 0.3 is 13.9 Å². The van der Waals surface area contributed by atoms with Gasteiger partial charge in [0.05, 0.1) is 24.7 Å². The molecule has 1 saturated heterocycles. The number of hydrogen-bond acceptors (Lipinski definition) is 11. The summed E-state index contributed by atoms with van der Waals surface area (Å²) in [6.07, 6.45) is -2.19. The second-order valence-electron chi connectivity index (χ2n) is 7.45. The van der Waals surface area contributed by atoms with Crippen LogP contribution in [-0.2, 0) is 23.1 Å². The van der Waals surface area contributed by atoms with Crippen molar-refractivity contribution in [2.24, 2.45) is 11.3 Å². The monoisotopic (exact) mass is 481 g/mol. The molecule has 1 aromatic heterocycles. The van der Waals surface area contributed by atoms with Gasteiger partial charge in [0.25, 0.3) is 5.56 Å². The number of carbonyl (C=O) groups excluding carboxylic acids is 1. The maximum absolute atomic E-state index is 11.9. The van der Waals surface area contributed by atoms with Gasteiger partial charge in [-0.15, -0.1) is 9.05 Å². The van der Waals surface area contributed by atoms with E-state index in [1.807, 2.05) is 4.98 Å². The molecule has 1 aromatic rings. The summed E-state index contributed by atoms with van der Waals surface area (Å²) in [4.78, 5) is 37.0. The summed E-state index contributed by atoms with van der Waals surface area (Å²) in [5.41, 5.74) is -2.28. The van der Waals surface area contributed by atoms with E-state index in [-0.39, 0.29) is 30.7 Å². The minimum Gasteiger partial charge on any atom is -0.396 e. The molecular formula is C17H26N2O10PS+. The standard InChI is InChI=1S/C17H25N2O10PS/c1-17(2,9-21)15(24)31-6-5-27-30(26)28-8-11-10(7-20)13(23)14(29-11)19-4-3-12(22)18-16(19)25/h3-4,10-11,13-14,20-21,23H,5-9H2,1-2H3/p+1/t10-,11-,13-,14-/m1/s1. The van der Waals surface area contributed by atoms with Gasteiger partial charge in [-0.05, 0) is 13.8 Å². The molecule has 174 valence electrons. The van der Waals surface area contributed by atoms with Crippen LogP contribution in [0.5, 0.6) is 0 Å². The Morgan fingerprint density at radius 1 is 1.35 bits per heavy atom. The second-order valence-corrected chi connectivity index (χ2v) is 9.48. The van der Waals surface area contributed by atoms with Crippen LogP contribution < -0.4 is 11.2 Å². The molecule has 1 aliphatic heterocycles. The zero-order valence-electron chi connectivity index (χ0n) is 17.0. The molecule has 0 spiro atoms. The molecule has 0 saturated carbocycles. The van der Waals surface area contributed by atoms with Gasteiger partial charge < -0.3 is 20.1 Å². The van der Waals surface area contributed by atoms with E-state index in [1.165, 1.54) is 0 Å². The summed E-state index contributed by atoms with van der Waals surface area (Å²) in [5.74, 6) is -0.622. The minimum absolute atomic E-state index is 0.0416. The number of aliphatic hydroxyl groups is 3. The predicted molar refractivity (Wildman–Crippen MR) is 110 cm³/mol. The number of aromatic amines is 1. The van der Waals surface area contributed by atoms with Gasteiger partial charge in [0.2, 0.25) is 0 Å². The van der Waals surface area contributed by atoms with Crippen molar-refractivity contribution in [2.75, 3.05) is 32.2 Å². The van der Waals surface area contributed by atoms with E-state index in [0.29, 0.717) is 0 Å². The molecule has 0 aromatic carbocycles. The number of hydrogen-bond donors (Lipinski definition) is 4. The Balaban J connectivity index is 1.84. The number of thioether (sulfide) groups is 1. The average Bonchev–Trinajstić information content (AvgIpc) is 3.04. The third-order valence-electron chi connectivity index (χ3n) is 4.66. The SMILES string of the molecule is CC(C)(CO)C(=O)SCCO[P+](=O)OC[C@H]1O[C@@H](n2ccc(=O)[nH]c2=O)[C@H](O)[C@@H]1CO. The van der Waals surface area contributed by atoms with Gasteiger partial charge in [-0.2, -0.15) is 0 Å². The molecule has 0 radical (unpaired) electrons. The van der Waals surface area contributed by atoms with Crippen molar-refractivity contribution in [1.82, 2.24) is 9.55 Å². The number of nitrogens with zero attached hydrogens (tertiary/aromatic N) is 1. The summed E-state index contributed by atoms with van der Waals surface area (Å²) < 4.78 is 28.6. The van der Waals surface area contributed by atoms with Crippen molar-refractivity contribution in [3.63, 3.8) is 0 Å². The average molecular weight is 481 g/mol. The Bertz CT molecular complexity index is 888. The molecule has 5 atom stereocenters. The van der Waals surface area contributed by atoms with Crippen molar-refractivity contribution in [3.05, 3.63) is 33.1 Å². The lowest BCUT2D eigenvalue weighted by molar-refractivity contribution is -0.119. The summed E-state index contributed by atoms with van der Waals surface area (Å²) >= 11 is 0.942. The second kappa shape index (κ2) is 11.4. The molecular weight excluding hydrogens is 455 g/mol. The van der Waals surface area contributed by atoms with Crippen LogP contribution in [0.15, 0.2) is 21.9 Å². The lowest BCUT2D eigenvalue weighted by Gasteiger charge is -2.18.